The fraction of sp³-hybridized carbons (Fsp3) is 0.387. The number of fused-ring (bicyclic) bond motifs is 1. The number of allylic oxidation sites excluding steroid dienone is 2. The minimum absolute atomic E-state index is 0.0136. The van der Waals surface area contributed by atoms with Gasteiger partial charge in [-0.2, -0.15) is 13.2 Å². The number of nitrogens with zero attached hydrogens (tertiary/aromatic N) is 4. The maximum atomic E-state index is 14.9. The summed E-state index contributed by atoms with van der Waals surface area (Å²) in [6.45, 7) is 4.88. The largest absolute Gasteiger partial charge is 0.417 e. The van der Waals surface area contributed by atoms with Crippen molar-refractivity contribution in [2.24, 2.45) is 5.41 Å². The number of rotatable bonds is 4. The Morgan fingerprint density at radius 3 is 2.45 bits per heavy atom. The van der Waals surface area contributed by atoms with Gasteiger partial charge < -0.3 is 9.42 Å². The van der Waals surface area contributed by atoms with Crippen LogP contribution >= 0.6 is 0 Å². The highest BCUT2D eigenvalue weighted by atomic mass is 19.4. The van der Waals surface area contributed by atoms with Gasteiger partial charge >= 0.3 is 6.18 Å². The number of pyridine rings is 2. The Bertz CT molecular complexity index is 1660. The summed E-state index contributed by atoms with van der Waals surface area (Å²) >= 11 is 0. The number of anilines is 1. The fourth-order valence-corrected chi connectivity index (χ4v) is 6.43. The number of hydrogen-bond acceptors (Lipinski definition) is 5. The van der Waals surface area contributed by atoms with Crippen molar-refractivity contribution in [3.8, 4) is 11.3 Å². The third-order valence-corrected chi connectivity index (χ3v) is 8.69. The highest BCUT2D eigenvalue weighted by Gasteiger charge is 2.44. The van der Waals surface area contributed by atoms with E-state index < -0.39 is 17.6 Å². The van der Waals surface area contributed by atoms with E-state index in [1.54, 1.807) is 25.3 Å². The molecule has 0 unspecified atom stereocenters. The van der Waals surface area contributed by atoms with Crippen LogP contribution in [0.4, 0.5) is 23.2 Å². The number of aromatic nitrogens is 3. The van der Waals surface area contributed by atoms with Crippen molar-refractivity contribution in [2.75, 3.05) is 18.0 Å². The van der Waals surface area contributed by atoms with Crippen LogP contribution in [-0.2, 0) is 6.18 Å². The van der Waals surface area contributed by atoms with Gasteiger partial charge in [0, 0.05) is 53.1 Å². The van der Waals surface area contributed by atoms with Crippen LogP contribution in [-0.4, -0.2) is 28.2 Å². The lowest BCUT2D eigenvalue weighted by molar-refractivity contribution is -0.136. The highest BCUT2D eigenvalue weighted by Crippen LogP contribution is 2.56. The van der Waals surface area contributed by atoms with Gasteiger partial charge in [-0.1, -0.05) is 11.2 Å². The van der Waals surface area contributed by atoms with Gasteiger partial charge in [0.05, 0.1) is 17.3 Å². The molecule has 1 aromatic carbocycles. The predicted molar refractivity (Wildman–Crippen MR) is 144 cm³/mol. The summed E-state index contributed by atoms with van der Waals surface area (Å²) in [6, 6.07) is 6.30. The van der Waals surface area contributed by atoms with Gasteiger partial charge in [0.1, 0.15) is 11.5 Å². The zero-order valence-electron chi connectivity index (χ0n) is 22.3. The summed E-state index contributed by atoms with van der Waals surface area (Å²) in [5, 5.41) is 4.47. The van der Waals surface area contributed by atoms with E-state index in [0.29, 0.717) is 33.9 Å². The molecular formula is C31H28F4N4O. The third kappa shape index (κ3) is 4.17. The van der Waals surface area contributed by atoms with E-state index in [9.17, 15) is 17.6 Å². The van der Waals surface area contributed by atoms with Crippen molar-refractivity contribution in [1.29, 1.82) is 0 Å². The summed E-state index contributed by atoms with van der Waals surface area (Å²) in [5.74, 6) is 0.771. The standard InChI is InChI=1S/C31H28F4N4O/c1-17-15-36-16-24(32)26(17)28-27(29(40-38-28)19-3-4-19)20-13-30(14-20)7-9-39(10-8-30)21-5-6-25-22(12-21)23(31(33,34)35)11-18(2)37-25/h5-6,11-13,15-16,19H,3-4,7-10,14H2,1-2H3. The molecule has 0 radical (unpaired) electrons. The molecule has 4 heterocycles. The topological polar surface area (TPSA) is 55.1 Å². The molecule has 4 aromatic rings. The number of piperidine rings is 1. The second-order valence-electron chi connectivity index (χ2n) is 11.6. The average Bonchev–Trinajstić information content (AvgIpc) is 3.65. The number of halogens is 4. The van der Waals surface area contributed by atoms with Gasteiger partial charge in [0.2, 0.25) is 0 Å². The minimum atomic E-state index is -4.44. The molecule has 206 valence electrons. The van der Waals surface area contributed by atoms with E-state index in [-0.39, 0.29) is 10.8 Å². The lowest BCUT2D eigenvalue weighted by Crippen LogP contribution is -2.42. The average molecular weight is 549 g/mol. The summed E-state index contributed by atoms with van der Waals surface area (Å²) in [6.07, 6.45) is 5.42. The van der Waals surface area contributed by atoms with Crippen molar-refractivity contribution in [2.45, 2.75) is 58.0 Å². The Kier molecular flexibility index (Phi) is 5.60. The first-order chi connectivity index (χ1) is 19.1. The molecule has 0 atom stereocenters. The minimum Gasteiger partial charge on any atom is -0.371 e. The predicted octanol–water partition coefficient (Wildman–Crippen LogP) is 8.01. The van der Waals surface area contributed by atoms with Crippen LogP contribution in [0.1, 0.15) is 66.2 Å². The molecular weight excluding hydrogens is 520 g/mol. The zero-order valence-corrected chi connectivity index (χ0v) is 22.3. The molecule has 3 aliphatic rings. The molecule has 2 fully saturated rings. The molecule has 40 heavy (non-hydrogen) atoms. The second kappa shape index (κ2) is 8.88. The first-order valence-electron chi connectivity index (χ1n) is 13.7. The van der Waals surface area contributed by atoms with Crippen LogP contribution in [0.2, 0.25) is 0 Å². The van der Waals surface area contributed by atoms with Crippen LogP contribution in [0.3, 0.4) is 0 Å². The molecule has 9 heteroatoms. The molecule has 0 bridgehead atoms. The quantitative estimate of drug-likeness (QED) is 0.242. The van der Waals surface area contributed by atoms with Gasteiger partial charge in [-0.3, -0.25) is 9.97 Å². The normalized spacial score (nSPS) is 18.8. The molecule has 7 rings (SSSR count). The van der Waals surface area contributed by atoms with Crippen LogP contribution in [0.15, 0.2) is 47.3 Å². The van der Waals surface area contributed by atoms with Gasteiger partial charge in [-0.05, 0) is 86.8 Å². The Balaban J connectivity index is 1.15. The maximum Gasteiger partial charge on any atom is 0.417 e. The summed E-state index contributed by atoms with van der Waals surface area (Å²) < 4.78 is 61.9. The van der Waals surface area contributed by atoms with E-state index in [2.05, 4.69) is 26.1 Å². The lowest BCUT2D eigenvalue weighted by Gasteiger charge is -2.47. The Morgan fingerprint density at radius 1 is 1.02 bits per heavy atom. The van der Waals surface area contributed by atoms with E-state index in [1.165, 1.54) is 6.20 Å². The second-order valence-corrected chi connectivity index (χ2v) is 11.6. The molecule has 5 nitrogen and oxygen atoms in total. The smallest absolute Gasteiger partial charge is 0.371 e. The third-order valence-electron chi connectivity index (χ3n) is 8.69. The first-order valence-corrected chi connectivity index (χ1v) is 13.7. The van der Waals surface area contributed by atoms with Gasteiger partial charge in [-0.15, -0.1) is 0 Å². The van der Waals surface area contributed by atoms with Gasteiger partial charge in [-0.25, -0.2) is 4.39 Å². The van der Waals surface area contributed by atoms with Crippen LogP contribution in [0.25, 0.3) is 27.7 Å². The molecule has 0 amide bonds. The summed E-state index contributed by atoms with van der Waals surface area (Å²) in [5.41, 5.74) is 4.64. The Morgan fingerprint density at radius 2 is 1.77 bits per heavy atom. The Hall–Kier alpha value is -3.75. The van der Waals surface area contributed by atoms with E-state index in [0.717, 1.165) is 73.8 Å². The van der Waals surface area contributed by atoms with Crippen LogP contribution in [0.5, 0.6) is 0 Å². The van der Waals surface area contributed by atoms with Crippen LogP contribution < -0.4 is 4.90 Å². The maximum absolute atomic E-state index is 14.9. The van der Waals surface area contributed by atoms with Crippen molar-refractivity contribution in [3.63, 3.8) is 0 Å². The molecule has 1 saturated heterocycles. The summed E-state index contributed by atoms with van der Waals surface area (Å²) in [7, 11) is 0. The van der Waals surface area contributed by atoms with Crippen molar-refractivity contribution in [1.82, 2.24) is 15.1 Å². The van der Waals surface area contributed by atoms with Gasteiger partial charge in [0.15, 0.2) is 5.82 Å². The fourth-order valence-electron chi connectivity index (χ4n) is 6.43. The lowest BCUT2D eigenvalue weighted by atomic mass is 9.63. The molecule has 0 N–H and O–H groups in total. The first kappa shape index (κ1) is 25.2. The van der Waals surface area contributed by atoms with E-state index in [4.69, 9.17) is 4.52 Å². The monoisotopic (exact) mass is 548 g/mol. The zero-order chi connectivity index (χ0) is 27.8. The summed E-state index contributed by atoms with van der Waals surface area (Å²) in [4.78, 5) is 10.4. The van der Waals surface area contributed by atoms with Crippen molar-refractivity contribution < 1.29 is 22.1 Å². The Labute approximate surface area is 228 Å². The van der Waals surface area contributed by atoms with Crippen molar-refractivity contribution in [3.05, 3.63) is 76.7 Å². The number of aryl methyl sites for hydroxylation is 2. The van der Waals surface area contributed by atoms with Gasteiger partial charge in [0.25, 0.3) is 0 Å². The number of benzene rings is 1. The van der Waals surface area contributed by atoms with E-state index in [1.807, 2.05) is 13.0 Å². The molecule has 1 aliphatic heterocycles. The molecule has 1 saturated carbocycles. The SMILES string of the molecule is Cc1cc(C(F)(F)F)c2cc(N3CCC4(C=C(c5c(-c6c(C)cncc6F)noc5C5CC5)C4)CC3)ccc2n1. The molecule has 2 aliphatic carbocycles. The van der Waals surface area contributed by atoms with Crippen LogP contribution in [0, 0.1) is 25.1 Å². The highest BCUT2D eigenvalue weighted by molar-refractivity contribution is 5.87. The number of alkyl halides is 3. The molecule has 1 spiro atoms. The van der Waals surface area contributed by atoms with Crippen molar-refractivity contribution >= 4 is 22.2 Å². The number of hydrogen-bond donors (Lipinski definition) is 0. The molecule has 3 aromatic heterocycles. The van der Waals surface area contributed by atoms with E-state index >= 15 is 0 Å².